The van der Waals surface area contributed by atoms with E-state index in [4.69, 9.17) is 22.1 Å². The summed E-state index contributed by atoms with van der Waals surface area (Å²) >= 11 is 5.97. The lowest BCUT2D eigenvalue weighted by Crippen LogP contribution is -2.29. The molecule has 0 atom stereocenters. The summed E-state index contributed by atoms with van der Waals surface area (Å²) < 4.78 is 5.56. The summed E-state index contributed by atoms with van der Waals surface area (Å²) in [4.78, 5) is 0. The first kappa shape index (κ1) is 9.81. The first-order valence-corrected chi connectivity index (χ1v) is 5.15. The van der Waals surface area contributed by atoms with Gasteiger partial charge in [0.25, 0.3) is 0 Å². The van der Waals surface area contributed by atoms with Crippen molar-refractivity contribution in [1.82, 2.24) is 0 Å². The molecule has 2 rings (SSSR count). The zero-order valence-electron chi connectivity index (χ0n) is 8.22. The van der Waals surface area contributed by atoms with E-state index >= 15 is 0 Å². The van der Waals surface area contributed by atoms with Crippen LogP contribution in [0.2, 0.25) is 5.02 Å². The van der Waals surface area contributed by atoms with Crippen LogP contribution in [0, 0.1) is 6.92 Å². The van der Waals surface area contributed by atoms with Crippen LogP contribution in [0.3, 0.4) is 0 Å². The van der Waals surface area contributed by atoms with Crippen LogP contribution in [0.1, 0.15) is 18.4 Å². The van der Waals surface area contributed by atoms with Gasteiger partial charge in [0.15, 0.2) is 0 Å². The molecule has 0 aliphatic heterocycles. The Hall–Kier alpha value is -0.730. The van der Waals surface area contributed by atoms with Crippen LogP contribution in [0.5, 0.6) is 5.75 Å². The Labute approximate surface area is 89.0 Å². The van der Waals surface area contributed by atoms with E-state index in [1.54, 1.807) is 0 Å². The number of benzene rings is 1. The molecule has 0 heterocycles. The van der Waals surface area contributed by atoms with E-state index in [-0.39, 0.29) is 5.54 Å². The van der Waals surface area contributed by atoms with E-state index in [1.807, 2.05) is 25.1 Å². The van der Waals surface area contributed by atoms with Crippen LogP contribution in [0.15, 0.2) is 18.2 Å². The van der Waals surface area contributed by atoms with Crippen molar-refractivity contribution in [3.05, 3.63) is 28.8 Å². The summed E-state index contributed by atoms with van der Waals surface area (Å²) in [5.74, 6) is 0.803. The average Bonchev–Trinajstić information content (AvgIpc) is 2.87. The number of rotatable bonds is 3. The van der Waals surface area contributed by atoms with Crippen molar-refractivity contribution in [3.63, 3.8) is 0 Å². The van der Waals surface area contributed by atoms with Gasteiger partial charge < -0.3 is 10.5 Å². The normalized spacial score (nSPS) is 17.9. The van der Waals surface area contributed by atoms with Crippen molar-refractivity contribution in [2.24, 2.45) is 5.73 Å². The second kappa shape index (κ2) is 3.44. The number of hydrogen-bond acceptors (Lipinski definition) is 2. The molecule has 1 aliphatic carbocycles. The van der Waals surface area contributed by atoms with Crippen LogP contribution in [-0.2, 0) is 0 Å². The molecule has 76 valence electrons. The molecule has 14 heavy (non-hydrogen) atoms. The molecule has 1 fully saturated rings. The minimum atomic E-state index is -0.0721. The van der Waals surface area contributed by atoms with Gasteiger partial charge in [-0.05, 0) is 37.5 Å². The van der Waals surface area contributed by atoms with Crippen LogP contribution in [0.4, 0.5) is 0 Å². The molecule has 0 radical (unpaired) electrons. The van der Waals surface area contributed by atoms with Gasteiger partial charge >= 0.3 is 0 Å². The Kier molecular flexibility index (Phi) is 2.41. The first-order valence-electron chi connectivity index (χ1n) is 4.77. The van der Waals surface area contributed by atoms with E-state index in [1.165, 1.54) is 0 Å². The van der Waals surface area contributed by atoms with E-state index in [2.05, 4.69) is 0 Å². The maximum Gasteiger partial charge on any atom is 0.120 e. The highest BCUT2D eigenvalue weighted by Crippen LogP contribution is 2.33. The molecular weight excluding hydrogens is 198 g/mol. The monoisotopic (exact) mass is 211 g/mol. The summed E-state index contributed by atoms with van der Waals surface area (Å²) in [6.07, 6.45) is 2.12. The van der Waals surface area contributed by atoms with Gasteiger partial charge in [-0.2, -0.15) is 0 Å². The molecule has 0 aromatic heterocycles. The van der Waals surface area contributed by atoms with Crippen LogP contribution >= 0.6 is 11.6 Å². The number of hydrogen-bond donors (Lipinski definition) is 1. The van der Waals surface area contributed by atoms with Crippen molar-refractivity contribution < 1.29 is 4.74 Å². The molecule has 2 nitrogen and oxygen atoms in total. The van der Waals surface area contributed by atoms with E-state index < -0.39 is 0 Å². The number of aryl methyl sites for hydroxylation is 1. The van der Waals surface area contributed by atoms with E-state index in [0.29, 0.717) is 6.61 Å². The first-order chi connectivity index (χ1) is 6.59. The van der Waals surface area contributed by atoms with Gasteiger partial charge in [-0.15, -0.1) is 0 Å². The molecule has 3 heteroatoms. The number of nitrogens with two attached hydrogens (primary N) is 1. The molecule has 0 bridgehead atoms. The Morgan fingerprint density at radius 3 is 2.79 bits per heavy atom. The van der Waals surface area contributed by atoms with Gasteiger partial charge in [-0.3, -0.25) is 0 Å². The van der Waals surface area contributed by atoms with Crippen LogP contribution in [0.25, 0.3) is 0 Å². The van der Waals surface area contributed by atoms with Crippen molar-refractivity contribution in [2.75, 3.05) is 6.61 Å². The third kappa shape index (κ3) is 2.20. The maximum atomic E-state index is 5.97. The van der Waals surface area contributed by atoms with Gasteiger partial charge in [0.1, 0.15) is 12.4 Å². The molecule has 1 aromatic carbocycles. The number of halogens is 1. The zero-order chi connectivity index (χ0) is 10.2. The highest BCUT2D eigenvalue weighted by atomic mass is 35.5. The van der Waals surface area contributed by atoms with Crippen molar-refractivity contribution in [1.29, 1.82) is 0 Å². The van der Waals surface area contributed by atoms with E-state index in [9.17, 15) is 0 Å². The molecule has 0 unspecified atom stereocenters. The Bertz CT molecular complexity index is 347. The Balaban J connectivity index is 1.99. The van der Waals surface area contributed by atoms with Gasteiger partial charge in [0.2, 0.25) is 0 Å². The molecule has 1 aromatic rings. The second-order valence-corrected chi connectivity index (χ2v) is 4.47. The van der Waals surface area contributed by atoms with E-state index in [0.717, 1.165) is 29.2 Å². The topological polar surface area (TPSA) is 35.2 Å². The summed E-state index contributed by atoms with van der Waals surface area (Å²) in [7, 11) is 0. The fraction of sp³-hybridized carbons (Fsp3) is 0.455. The van der Waals surface area contributed by atoms with Crippen molar-refractivity contribution in [2.45, 2.75) is 25.3 Å². The standard InChI is InChI=1S/C11H14ClNO/c1-8-2-3-9(6-10(8)12)14-7-11(13)4-5-11/h2-3,6H,4-5,7,13H2,1H3. The Morgan fingerprint density at radius 1 is 1.50 bits per heavy atom. The summed E-state index contributed by atoms with van der Waals surface area (Å²) in [6, 6.07) is 5.71. The Morgan fingerprint density at radius 2 is 2.21 bits per heavy atom. The predicted molar refractivity (Wildman–Crippen MR) is 57.8 cm³/mol. The van der Waals surface area contributed by atoms with Crippen LogP contribution < -0.4 is 10.5 Å². The molecular formula is C11H14ClNO. The lowest BCUT2D eigenvalue weighted by atomic mass is 10.2. The predicted octanol–water partition coefficient (Wildman–Crippen LogP) is 2.52. The molecule has 2 N–H and O–H groups in total. The van der Waals surface area contributed by atoms with Gasteiger partial charge in [0.05, 0.1) is 5.54 Å². The highest BCUT2D eigenvalue weighted by molar-refractivity contribution is 6.31. The lowest BCUT2D eigenvalue weighted by Gasteiger charge is -2.11. The highest BCUT2D eigenvalue weighted by Gasteiger charge is 2.39. The van der Waals surface area contributed by atoms with Crippen molar-refractivity contribution in [3.8, 4) is 5.75 Å². The smallest absolute Gasteiger partial charge is 0.120 e. The summed E-state index contributed by atoms with van der Waals surface area (Å²) in [6.45, 7) is 2.56. The molecule has 1 aliphatic rings. The fourth-order valence-corrected chi connectivity index (χ4v) is 1.37. The minimum Gasteiger partial charge on any atom is -0.492 e. The largest absolute Gasteiger partial charge is 0.492 e. The molecule has 0 amide bonds. The second-order valence-electron chi connectivity index (χ2n) is 4.06. The third-order valence-corrected chi connectivity index (χ3v) is 2.97. The van der Waals surface area contributed by atoms with Crippen molar-refractivity contribution >= 4 is 11.6 Å². The fourth-order valence-electron chi connectivity index (χ4n) is 1.20. The zero-order valence-corrected chi connectivity index (χ0v) is 8.97. The van der Waals surface area contributed by atoms with Gasteiger partial charge in [-0.25, -0.2) is 0 Å². The summed E-state index contributed by atoms with van der Waals surface area (Å²) in [5, 5.41) is 0.740. The van der Waals surface area contributed by atoms with Crippen LogP contribution in [-0.4, -0.2) is 12.1 Å². The lowest BCUT2D eigenvalue weighted by molar-refractivity contribution is 0.279. The average molecular weight is 212 g/mol. The third-order valence-electron chi connectivity index (χ3n) is 2.56. The minimum absolute atomic E-state index is 0.0721. The molecule has 0 spiro atoms. The SMILES string of the molecule is Cc1ccc(OCC2(N)CC2)cc1Cl. The molecule has 0 saturated heterocycles. The molecule has 1 saturated carbocycles. The maximum absolute atomic E-state index is 5.97. The number of ether oxygens (including phenoxy) is 1. The summed E-state index contributed by atoms with van der Waals surface area (Å²) in [5.41, 5.74) is 6.90. The quantitative estimate of drug-likeness (QED) is 0.834. The van der Waals surface area contributed by atoms with Gasteiger partial charge in [-0.1, -0.05) is 17.7 Å². The van der Waals surface area contributed by atoms with Gasteiger partial charge in [0, 0.05) is 5.02 Å².